The van der Waals surface area contributed by atoms with Gasteiger partial charge in [0, 0.05) is 10.7 Å². The highest BCUT2D eigenvalue weighted by Crippen LogP contribution is 2.34. The lowest BCUT2D eigenvalue weighted by Crippen LogP contribution is -2.04. The van der Waals surface area contributed by atoms with E-state index in [9.17, 15) is 22.3 Å². The molecule has 0 bridgehead atoms. The van der Waals surface area contributed by atoms with E-state index in [0.29, 0.717) is 6.07 Å². The molecule has 1 aromatic rings. The standard InChI is InChI=1S/C7H6ClF2NO4S/c1-15-6-4(12)2-3(5(9)10)7(11-6)16(8,13)14/h2,5,12H,1H3. The number of rotatable bonds is 3. The van der Waals surface area contributed by atoms with E-state index in [-0.39, 0.29) is 0 Å². The zero-order valence-corrected chi connectivity index (χ0v) is 9.39. The predicted molar refractivity (Wildman–Crippen MR) is 50.4 cm³/mol. The van der Waals surface area contributed by atoms with Crippen molar-refractivity contribution >= 4 is 19.7 Å². The summed E-state index contributed by atoms with van der Waals surface area (Å²) in [7, 11) is 1.58. The lowest BCUT2D eigenvalue weighted by Gasteiger charge is -2.08. The van der Waals surface area contributed by atoms with E-state index in [0.717, 1.165) is 7.11 Å². The smallest absolute Gasteiger partial charge is 0.279 e. The molecule has 0 spiro atoms. The third kappa shape index (κ3) is 2.50. The normalized spacial score (nSPS) is 11.8. The summed E-state index contributed by atoms with van der Waals surface area (Å²) < 4.78 is 51.3. The van der Waals surface area contributed by atoms with Gasteiger partial charge in [-0.1, -0.05) is 0 Å². The fourth-order valence-electron chi connectivity index (χ4n) is 0.987. The van der Waals surface area contributed by atoms with Crippen LogP contribution in [0, 0.1) is 0 Å². The van der Waals surface area contributed by atoms with Gasteiger partial charge in [-0.2, -0.15) is 4.98 Å². The number of hydrogen-bond donors (Lipinski definition) is 1. The molecule has 0 saturated heterocycles. The summed E-state index contributed by atoms with van der Waals surface area (Å²) in [4.78, 5) is 3.21. The predicted octanol–water partition coefficient (Wildman–Crippen LogP) is 1.66. The minimum absolute atomic E-state index is 0.497. The molecular formula is C7H6ClF2NO4S. The minimum Gasteiger partial charge on any atom is -0.503 e. The summed E-state index contributed by atoms with van der Waals surface area (Å²) in [6, 6.07) is 0.547. The Kier molecular flexibility index (Phi) is 3.54. The van der Waals surface area contributed by atoms with Crippen LogP contribution in [0.4, 0.5) is 8.78 Å². The van der Waals surface area contributed by atoms with E-state index in [2.05, 4.69) is 9.72 Å². The van der Waals surface area contributed by atoms with Crippen molar-refractivity contribution < 1.29 is 27.0 Å². The first-order valence-electron chi connectivity index (χ1n) is 3.78. The van der Waals surface area contributed by atoms with Crippen LogP contribution in [0.15, 0.2) is 11.1 Å². The molecule has 0 aliphatic heterocycles. The van der Waals surface area contributed by atoms with Crippen molar-refractivity contribution in [3.05, 3.63) is 11.6 Å². The van der Waals surface area contributed by atoms with Gasteiger partial charge < -0.3 is 9.84 Å². The molecule has 0 saturated carbocycles. The molecule has 0 unspecified atom stereocenters. The first kappa shape index (κ1) is 12.9. The fourth-order valence-corrected chi connectivity index (χ4v) is 1.98. The molecule has 1 aromatic heterocycles. The quantitative estimate of drug-likeness (QED) is 0.848. The van der Waals surface area contributed by atoms with Gasteiger partial charge in [0.05, 0.1) is 12.7 Å². The Hall–Kier alpha value is -1.15. The van der Waals surface area contributed by atoms with Crippen LogP contribution < -0.4 is 4.74 Å². The van der Waals surface area contributed by atoms with Crippen LogP contribution in [-0.4, -0.2) is 25.6 Å². The van der Waals surface area contributed by atoms with Gasteiger partial charge in [0.2, 0.25) is 0 Å². The Morgan fingerprint density at radius 2 is 2.12 bits per heavy atom. The van der Waals surface area contributed by atoms with Crippen molar-refractivity contribution in [1.29, 1.82) is 0 Å². The molecule has 0 atom stereocenters. The number of aromatic hydroxyl groups is 1. The van der Waals surface area contributed by atoms with Crippen LogP contribution in [0.1, 0.15) is 12.0 Å². The van der Waals surface area contributed by atoms with Crippen molar-refractivity contribution in [2.75, 3.05) is 7.11 Å². The maximum absolute atomic E-state index is 12.5. The van der Waals surface area contributed by atoms with E-state index < -0.39 is 37.7 Å². The first-order valence-corrected chi connectivity index (χ1v) is 6.09. The second kappa shape index (κ2) is 4.38. The zero-order valence-electron chi connectivity index (χ0n) is 7.82. The summed E-state index contributed by atoms with van der Waals surface area (Å²) in [5.74, 6) is -1.19. The van der Waals surface area contributed by atoms with Gasteiger partial charge in [-0.3, -0.25) is 0 Å². The molecule has 1 N–H and O–H groups in total. The van der Waals surface area contributed by atoms with E-state index in [1.54, 1.807) is 0 Å². The Labute approximate surface area is 94.1 Å². The van der Waals surface area contributed by atoms with Crippen molar-refractivity contribution in [1.82, 2.24) is 4.98 Å². The second-order valence-electron chi connectivity index (χ2n) is 2.65. The molecule has 0 radical (unpaired) electrons. The number of aromatic nitrogens is 1. The van der Waals surface area contributed by atoms with Gasteiger partial charge in [0.15, 0.2) is 10.8 Å². The van der Waals surface area contributed by atoms with Crippen LogP contribution in [0.3, 0.4) is 0 Å². The molecule has 0 aliphatic rings. The van der Waals surface area contributed by atoms with Crippen LogP contribution >= 0.6 is 10.7 Å². The molecular weight excluding hydrogens is 268 g/mol. The van der Waals surface area contributed by atoms with Crippen molar-refractivity contribution in [3.63, 3.8) is 0 Å². The SMILES string of the molecule is COc1nc(S(=O)(=O)Cl)c(C(F)F)cc1O. The number of hydrogen-bond acceptors (Lipinski definition) is 5. The fraction of sp³-hybridized carbons (Fsp3) is 0.286. The number of halogens is 3. The Morgan fingerprint density at radius 1 is 1.56 bits per heavy atom. The maximum Gasteiger partial charge on any atom is 0.279 e. The third-order valence-electron chi connectivity index (χ3n) is 1.62. The van der Waals surface area contributed by atoms with E-state index in [1.807, 2.05) is 0 Å². The molecule has 1 rings (SSSR count). The third-order valence-corrected chi connectivity index (χ3v) is 2.85. The summed E-state index contributed by atoms with van der Waals surface area (Å²) in [6.07, 6.45) is -3.13. The Bertz CT molecular complexity index is 505. The highest BCUT2D eigenvalue weighted by atomic mass is 35.7. The van der Waals surface area contributed by atoms with E-state index >= 15 is 0 Å². The molecule has 16 heavy (non-hydrogen) atoms. The van der Waals surface area contributed by atoms with Crippen molar-refractivity contribution in [2.45, 2.75) is 11.5 Å². The number of ether oxygens (including phenoxy) is 1. The Balaban J connectivity index is 3.56. The summed E-state index contributed by atoms with van der Waals surface area (Å²) in [5, 5.41) is 8.14. The Morgan fingerprint density at radius 3 is 2.50 bits per heavy atom. The molecule has 0 aliphatic carbocycles. The zero-order chi connectivity index (χ0) is 12.5. The van der Waals surface area contributed by atoms with Gasteiger partial charge in [0.1, 0.15) is 0 Å². The molecule has 5 nitrogen and oxygen atoms in total. The van der Waals surface area contributed by atoms with E-state index in [4.69, 9.17) is 10.7 Å². The largest absolute Gasteiger partial charge is 0.503 e. The lowest BCUT2D eigenvalue weighted by molar-refractivity contribution is 0.146. The second-order valence-corrected chi connectivity index (χ2v) is 5.13. The number of nitrogens with zero attached hydrogens (tertiary/aromatic N) is 1. The molecule has 0 fully saturated rings. The summed E-state index contributed by atoms with van der Waals surface area (Å²) in [5.41, 5.74) is -0.978. The van der Waals surface area contributed by atoms with Gasteiger partial charge >= 0.3 is 0 Å². The topological polar surface area (TPSA) is 76.5 Å². The van der Waals surface area contributed by atoms with E-state index in [1.165, 1.54) is 0 Å². The summed E-state index contributed by atoms with van der Waals surface area (Å²) in [6.45, 7) is 0. The van der Waals surface area contributed by atoms with Crippen LogP contribution in [0.25, 0.3) is 0 Å². The minimum atomic E-state index is -4.44. The molecule has 1 heterocycles. The van der Waals surface area contributed by atoms with Gasteiger partial charge in [0.25, 0.3) is 21.4 Å². The lowest BCUT2D eigenvalue weighted by atomic mass is 10.3. The van der Waals surface area contributed by atoms with Crippen molar-refractivity contribution in [2.24, 2.45) is 0 Å². The van der Waals surface area contributed by atoms with Crippen LogP contribution in [-0.2, 0) is 9.05 Å². The van der Waals surface area contributed by atoms with Crippen LogP contribution in [0.2, 0.25) is 0 Å². The van der Waals surface area contributed by atoms with Gasteiger partial charge in [-0.25, -0.2) is 17.2 Å². The maximum atomic E-state index is 12.5. The van der Waals surface area contributed by atoms with Gasteiger partial charge in [-0.15, -0.1) is 0 Å². The number of methoxy groups -OCH3 is 1. The van der Waals surface area contributed by atoms with Crippen LogP contribution in [0.5, 0.6) is 11.6 Å². The average Bonchev–Trinajstić information content (AvgIpc) is 2.15. The molecule has 9 heteroatoms. The number of pyridine rings is 1. The highest BCUT2D eigenvalue weighted by molar-refractivity contribution is 8.13. The highest BCUT2D eigenvalue weighted by Gasteiger charge is 2.26. The first-order chi connectivity index (χ1) is 7.27. The molecule has 0 amide bonds. The number of alkyl halides is 2. The monoisotopic (exact) mass is 273 g/mol. The van der Waals surface area contributed by atoms with Gasteiger partial charge in [-0.05, 0) is 6.07 Å². The molecule has 0 aromatic carbocycles. The molecule has 90 valence electrons. The summed E-state index contributed by atoms with van der Waals surface area (Å²) >= 11 is 0. The van der Waals surface area contributed by atoms with Crippen molar-refractivity contribution in [3.8, 4) is 11.6 Å². The average molecular weight is 274 g/mol.